The van der Waals surface area contributed by atoms with E-state index in [9.17, 15) is 9.59 Å². The lowest BCUT2D eigenvalue weighted by Gasteiger charge is -2.19. The van der Waals surface area contributed by atoms with Crippen molar-refractivity contribution >= 4 is 39.8 Å². The maximum Gasteiger partial charge on any atom is 0.230 e. The van der Waals surface area contributed by atoms with Gasteiger partial charge in [0, 0.05) is 30.6 Å². The molecule has 0 aliphatic carbocycles. The normalized spacial score (nSPS) is 13.9. The lowest BCUT2D eigenvalue weighted by Crippen LogP contribution is -2.23. The second-order valence-corrected chi connectivity index (χ2v) is 7.44. The van der Waals surface area contributed by atoms with Crippen molar-refractivity contribution in [3.05, 3.63) is 29.4 Å². The number of thiazole rings is 1. The molecule has 0 radical (unpaired) electrons. The van der Waals surface area contributed by atoms with Gasteiger partial charge in [0.25, 0.3) is 0 Å². The van der Waals surface area contributed by atoms with Gasteiger partial charge in [-0.2, -0.15) is 0 Å². The maximum atomic E-state index is 12.4. The highest BCUT2D eigenvalue weighted by Crippen LogP contribution is 2.26. The highest BCUT2D eigenvalue weighted by Gasteiger charge is 2.18. The second kappa shape index (κ2) is 8.27. The molecule has 138 valence electrons. The number of nitrogens with one attached hydrogen (secondary N) is 2. The molecule has 2 aromatic heterocycles. The Morgan fingerprint density at radius 1 is 1.27 bits per heavy atom. The Labute approximate surface area is 156 Å². The summed E-state index contributed by atoms with van der Waals surface area (Å²) in [6.07, 6.45) is 4.19. The van der Waals surface area contributed by atoms with Gasteiger partial charge in [-0.1, -0.05) is 13.8 Å². The fourth-order valence-corrected chi connectivity index (χ4v) is 3.44. The van der Waals surface area contributed by atoms with E-state index in [0.717, 1.165) is 37.4 Å². The van der Waals surface area contributed by atoms with E-state index in [1.165, 1.54) is 11.3 Å². The number of aromatic nitrogens is 2. The average Bonchev–Trinajstić information content (AvgIpc) is 3.27. The minimum Gasteiger partial charge on any atom is -0.355 e. The number of carbonyl (C=O) groups is 2. The summed E-state index contributed by atoms with van der Waals surface area (Å²) in [6, 6.07) is 3.69. The maximum absolute atomic E-state index is 12.4. The van der Waals surface area contributed by atoms with Crippen LogP contribution >= 0.6 is 11.3 Å². The Bertz CT molecular complexity index is 783. The van der Waals surface area contributed by atoms with E-state index in [1.807, 2.05) is 26.0 Å². The molecule has 0 bridgehead atoms. The first kappa shape index (κ1) is 18.3. The zero-order valence-corrected chi connectivity index (χ0v) is 15.8. The zero-order valence-electron chi connectivity index (χ0n) is 15.0. The highest BCUT2D eigenvalue weighted by molar-refractivity contribution is 7.13. The Balaban J connectivity index is 1.61. The molecule has 0 saturated carbocycles. The van der Waals surface area contributed by atoms with Crippen molar-refractivity contribution in [3.8, 4) is 0 Å². The van der Waals surface area contributed by atoms with Crippen LogP contribution in [-0.2, 0) is 16.0 Å². The van der Waals surface area contributed by atoms with E-state index in [0.29, 0.717) is 10.8 Å². The van der Waals surface area contributed by atoms with Gasteiger partial charge >= 0.3 is 0 Å². The van der Waals surface area contributed by atoms with Crippen molar-refractivity contribution in [2.24, 2.45) is 5.92 Å². The number of rotatable bonds is 6. The van der Waals surface area contributed by atoms with Crippen LogP contribution < -0.4 is 15.5 Å². The molecule has 2 amide bonds. The van der Waals surface area contributed by atoms with Crippen molar-refractivity contribution in [3.63, 3.8) is 0 Å². The van der Waals surface area contributed by atoms with E-state index in [-0.39, 0.29) is 24.2 Å². The largest absolute Gasteiger partial charge is 0.355 e. The molecule has 0 aromatic carbocycles. The molecule has 3 rings (SSSR count). The van der Waals surface area contributed by atoms with Crippen molar-refractivity contribution in [2.75, 3.05) is 28.6 Å². The smallest absolute Gasteiger partial charge is 0.230 e. The van der Waals surface area contributed by atoms with Crippen molar-refractivity contribution < 1.29 is 9.59 Å². The first-order valence-electron chi connectivity index (χ1n) is 8.78. The number of hydrogen-bond acceptors (Lipinski definition) is 6. The van der Waals surface area contributed by atoms with Crippen LogP contribution in [0.5, 0.6) is 0 Å². The third kappa shape index (κ3) is 4.57. The summed E-state index contributed by atoms with van der Waals surface area (Å²) in [6.45, 7) is 5.57. The van der Waals surface area contributed by atoms with Gasteiger partial charge in [0.1, 0.15) is 0 Å². The summed E-state index contributed by atoms with van der Waals surface area (Å²) in [5, 5.41) is 8.00. The number of nitrogens with zero attached hydrogens (tertiary/aromatic N) is 3. The van der Waals surface area contributed by atoms with Crippen LogP contribution in [0.3, 0.4) is 0 Å². The van der Waals surface area contributed by atoms with Crippen molar-refractivity contribution in [1.82, 2.24) is 9.97 Å². The summed E-state index contributed by atoms with van der Waals surface area (Å²) in [5.74, 6) is 0.480. The highest BCUT2D eigenvalue weighted by atomic mass is 32.1. The second-order valence-electron chi connectivity index (χ2n) is 6.58. The summed E-state index contributed by atoms with van der Waals surface area (Å²) in [7, 11) is 0. The predicted octanol–water partition coefficient (Wildman–Crippen LogP) is 2.91. The molecular weight excluding hydrogens is 350 g/mol. The van der Waals surface area contributed by atoms with E-state index < -0.39 is 0 Å². The van der Waals surface area contributed by atoms with Gasteiger partial charge in [-0.3, -0.25) is 9.59 Å². The molecule has 8 heteroatoms. The third-order valence-corrected chi connectivity index (χ3v) is 4.92. The van der Waals surface area contributed by atoms with Crippen LogP contribution in [0.4, 0.5) is 16.6 Å². The van der Waals surface area contributed by atoms with Gasteiger partial charge < -0.3 is 15.5 Å². The summed E-state index contributed by atoms with van der Waals surface area (Å²) in [4.78, 5) is 35.1. The van der Waals surface area contributed by atoms with Gasteiger partial charge in [0.2, 0.25) is 11.8 Å². The van der Waals surface area contributed by atoms with Crippen molar-refractivity contribution in [2.45, 2.75) is 33.1 Å². The quantitative estimate of drug-likeness (QED) is 0.813. The van der Waals surface area contributed by atoms with E-state index >= 15 is 0 Å². The summed E-state index contributed by atoms with van der Waals surface area (Å²) < 4.78 is 0. The standard InChI is InChI=1S/C18H23N5O2S/c1-12(2)17(25)22-18-20-13(11-26-18)10-15(24)21-14-6-5-7-19-16(14)23-8-3-4-9-23/h5-7,11-12H,3-4,8-10H2,1-2H3,(H,21,24)(H,20,22,25). The molecule has 0 atom stereocenters. The number of carbonyl (C=O) groups excluding carboxylic acids is 2. The molecule has 0 unspecified atom stereocenters. The molecule has 1 aliphatic rings. The van der Waals surface area contributed by atoms with Gasteiger partial charge in [0.15, 0.2) is 10.9 Å². The van der Waals surface area contributed by atoms with E-state index in [4.69, 9.17) is 0 Å². The van der Waals surface area contributed by atoms with Crippen LogP contribution in [0, 0.1) is 5.92 Å². The summed E-state index contributed by atoms with van der Waals surface area (Å²) >= 11 is 1.32. The molecule has 0 spiro atoms. The number of amides is 2. The SMILES string of the molecule is CC(C)C(=O)Nc1nc(CC(=O)Nc2cccnc2N2CCCC2)cs1. The van der Waals surface area contributed by atoms with Crippen LogP contribution in [0.1, 0.15) is 32.4 Å². The van der Waals surface area contributed by atoms with Gasteiger partial charge in [-0.25, -0.2) is 9.97 Å². The number of hydrogen-bond donors (Lipinski definition) is 2. The average molecular weight is 373 g/mol. The topological polar surface area (TPSA) is 87.2 Å². The third-order valence-electron chi connectivity index (χ3n) is 4.11. The summed E-state index contributed by atoms with van der Waals surface area (Å²) in [5.41, 5.74) is 1.36. The van der Waals surface area contributed by atoms with Gasteiger partial charge in [0.05, 0.1) is 17.8 Å². The van der Waals surface area contributed by atoms with E-state index in [1.54, 1.807) is 11.6 Å². The Hall–Kier alpha value is -2.48. The fourth-order valence-electron chi connectivity index (χ4n) is 2.73. The van der Waals surface area contributed by atoms with Crippen molar-refractivity contribution in [1.29, 1.82) is 0 Å². The van der Waals surface area contributed by atoms with Crippen LogP contribution in [0.2, 0.25) is 0 Å². The first-order valence-corrected chi connectivity index (χ1v) is 9.66. The number of anilines is 3. The van der Waals surface area contributed by atoms with Crippen LogP contribution in [0.15, 0.2) is 23.7 Å². The van der Waals surface area contributed by atoms with Gasteiger partial charge in [-0.05, 0) is 25.0 Å². The number of pyridine rings is 1. The Morgan fingerprint density at radius 2 is 2.04 bits per heavy atom. The fraction of sp³-hybridized carbons (Fsp3) is 0.444. The molecule has 3 heterocycles. The molecular formula is C18H23N5O2S. The first-order chi connectivity index (χ1) is 12.5. The molecule has 2 N–H and O–H groups in total. The molecule has 7 nitrogen and oxygen atoms in total. The Kier molecular flexibility index (Phi) is 5.82. The molecule has 2 aromatic rings. The van der Waals surface area contributed by atoms with E-state index in [2.05, 4.69) is 25.5 Å². The molecule has 26 heavy (non-hydrogen) atoms. The lowest BCUT2D eigenvalue weighted by atomic mass is 10.2. The minimum atomic E-state index is -0.148. The Morgan fingerprint density at radius 3 is 2.77 bits per heavy atom. The lowest BCUT2D eigenvalue weighted by molar-refractivity contribution is -0.119. The minimum absolute atomic E-state index is 0.0824. The molecule has 1 aliphatic heterocycles. The molecule has 1 saturated heterocycles. The van der Waals surface area contributed by atoms with Crippen LogP contribution in [-0.4, -0.2) is 34.9 Å². The monoisotopic (exact) mass is 373 g/mol. The predicted molar refractivity (Wildman–Crippen MR) is 104 cm³/mol. The van der Waals surface area contributed by atoms with Crippen LogP contribution in [0.25, 0.3) is 0 Å². The zero-order chi connectivity index (χ0) is 18.5. The van der Waals surface area contributed by atoms with Gasteiger partial charge in [-0.15, -0.1) is 11.3 Å². The molecule has 1 fully saturated rings.